The summed E-state index contributed by atoms with van der Waals surface area (Å²) in [6.07, 6.45) is 2.73. The number of hydrogen-bond acceptors (Lipinski definition) is 2. The highest BCUT2D eigenvalue weighted by molar-refractivity contribution is 7.46. The number of phosphoric ester groups is 1. The van der Waals surface area contributed by atoms with Gasteiger partial charge in [0, 0.05) is 0 Å². The van der Waals surface area contributed by atoms with Gasteiger partial charge in [-0.15, -0.1) is 0 Å². The molecule has 13 heavy (non-hydrogen) atoms. The molecule has 1 aromatic rings. The summed E-state index contributed by atoms with van der Waals surface area (Å²) in [5.41, 5.74) is 0. The van der Waals surface area contributed by atoms with Gasteiger partial charge in [0.25, 0.3) is 5.82 Å². The Labute approximate surface area is 75.4 Å². The van der Waals surface area contributed by atoms with E-state index in [1.807, 2.05) is 0 Å². The summed E-state index contributed by atoms with van der Waals surface area (Å²) in [6.45, 7) is 1.56. The summed E-state index contributed by atoms with van der Waals surface area (Å²) in [4.78, 5) is 19.9. The van der Waals surface area contributed by atoms with Crippen molar-refractivity contribution in [1.29, 1.82) is 0 Å². The van der Waals surface area contributed by atoms with Gasteiger partial charge in [0.1, 0.15) is 12.4 Å². The normalized spacial score (nSPS) is 14.5. The number of aryl methyl sites for hydroxylation is 1. The van der Waals surface area contributed by atoms with Crippen LogP contribution in [0.5, 0.6) is 0 Å². The number of rotatable bonds is 3. The van der Waals surface area contributed by atoms with Gasteiger partial charge in [0.2, 0.25) is 0 Å². The van der Waals surface area contributed by atoms with Gasteiger partial charge in [0.05, 0.1) is 7.05 Å². The van der Waals surface area contributed by atoms with Crippen LogP contribution in [-0.4, -0.2) is 14.8 Å². The van der Waals surface area contributed by atoms with Gasteiger partial charge in [-0.25, -0.2) is 14.1 Å². The predicted octanol–water partition coefficient (Wildman–Crippen LogP) is 0.00950. The van der Waals surface area contributed by atoms with Crippen LogP contribution < -0.4 is 4.57 Å². The van der Waals surface area contributed by atoms with E-state index in [4.69, 9.17) is 9.79 Å². The van der Waals surface area contributed by atoms with Crippen molar-refractivity contribution < 1.29 is 23.4 Å². The summed E-state index contributed by atoms with van der Waals surface area (Å²) in [5.74, 6) is 0.600. The van der Waals surface area contributed by atoms with E-state index in [2.05, 4.69) is 9.51 Å². The lowest BCUT2D eigenvalue weighted by molar-refractivity contribution is -0.681. The minimum absolute atomic E-state index is 0.600. The van der Waals surface area contributed by atoms with Crippen molar-refractivity contribution in [3.05, 3.63) is 18.2 Å². The molecule has 0 aliphatic rings. The molecule has 6 nitrogen and oxygen atoms in total. The van der Waals surface area contributed by atoms with Crippen molar-refractivity contribution >= 4 is 7.82 Å². The Morgan fingerprint density at radius 3 is 2.69 bits per heavy atom. The first-order valence-corrected chi connectivity index (χ1v) is 5.20. The zero-order chi connectivity index (χ0) is 10.1. The van der Waals surface area contributed by atoms with Gasteiger partial charge in [-0.1, -0.05) is 0 Å². The van der Waals surface area contributed by atoms with E-state index in [1.165, 1.54) is 0 Å². The van der Waals surface area contributed by atoms with Gasteiger partial charge in [-0.2, -0.15) is 0 Å². The molecule has 0 aliphatic heterocycles. The zero-order valence-electron chi connectivity index (χ0n) is 7.34. The second-order valence-electron chi connectivity index (χ2n) is 2.69. The SMILES string of the molecule is CC(OP(=O)(O)O)c1[nH]cc[n+]1C. The van der Waals surface area contributed by atoms with Crippen molar-refractivity contribution in [2.45, 2.75) is 13.0 Å². The lowest BCUT2D eigenvalue weighted by atomic mass is 10.4. The molecule has 1 aromatic heterocycles. The van der Waals surface area contributed by atoms with E-state index in [0.717, 1.165) is 0 Å². The number of aromatic nitrogens is 2. The number of hydrogen-bond donors (Lipinski definition) is 3. The Balaban J connectivity index is 2.75. The van der Waals surface area contributed by atoms with Crippen LogP contribution in [-0.2, 0) is 16.1 Å². The van der Waals surface area contributed by atoms with Crippen molar-refractivity contribution in [1.82, 2.24) is 4.98 Å². The lowest BCUT2D eigenvalue weighted by Crippen LogP contribution is -2.32. The highest BCUT2D eigenvalue weighted by atomic mass is 31.2. The van der Waals surface area contributed by atoms with Crippen molar-refractivity contribution in [2.75, 3.05) is 0 Å². The van der Waals surface area contributed by atoms with E-state index in [1.54, 1.807) is 30.9 Å². The van der Waals surface area contributed by atoms with E-state index in [-0.39, 0.29) is 0 Å². The van der Waals surface area contributed by atoms with Crippen LogP contribution in [0.2, 0.25) is 0 Å². The zero-order valence-corrected chi connectivity index (χ0v) is 8.23. The molecule has 0 aromatic carbocycles. The highest BCUT2D eigenvalue weighted by Gasteiger charge is 2.25. The first-order chi connectivity index (χ1) is 5.90. The van der Waals surface area contributed by atoms with E-state index in [9.17, 15) is 4.57 Å². The average molecular weight is 207 g/mol. The third-order valence-corrected chi connectivity index (χ3v) is 2.18. The minimum atomic E-state index is -4.42. The molecule has 7 heteroatoms. The number of imidazole rings is 1. The third kappa shape index (κ3) is 2.93. The van der Waals surface area contributed by atoms with Crippen LogP contribution in [0.25, 0.3) is 0 Å². The fraction of sp³-hybridized carbons (Fsp3) is 0.500. The Hall–Kier alpha value is -0.680. The Bertz CT molecular complexity index is 331. The van der Waals surface area contributed by atoms with E-state index < -0.39 is 13.9 Å². The van der Waals surface area contributed by atoms with E-state index >= 15 is 0 Å². The molecule has 0 spiro atoms. The Morgan fingerprint density at radius 1 is 1.69 bits per heavy atom. The highest BCUT2D eigenvalue weighted by Crippen LogP contribution is 2.41. The fourth-order valence-electron chi connectivity index (χ4n) is 1.08. The second kappa shape index (κ2) is 3.59. The van der Waals surface area contributed by atoms with Crippen LogP contribution in [0.4, 0.5) is 0 Å². The minimum Gasteiger partial charge on any atom is -0.303 e. The number of nitrogens with zero attached hydrogens (tertiary/aromatic N) is 1. The number of H-pyrrole nitrogens is 1. The van der Waals surface area contributed by atoms with E-state index in [0.29, 0.717) is 5.82 Å². The average Bonchev–Trinajstić information content (AvgIpc) is 2.30. The molecule has 0 saturated heterocycles. The van der Waals surface area contributed by atoms with Gasteiger partial charge >= 0.3 is 7.82 Å². The molecule has 3 N–H and O–H groups in total. The number of nitrogens with one attached hydrogen (secondary N) is 1. The molecule has 1 heterocycles. The molecule has 0 bridgehead atoms. The molecule has 0 saturated carbocycles. The molecular weight excluding hydrogens is 195 g/mol. The molecule has 1 rings (SSSR count). The summed E-state index contributed by atoms with van der Waals surface area (Å²) in [5, 5.41) is 0. The quantitative estimate of drug-likeness (QED) is 0.481. The molecular formula is C6H12N2O4P+. The topological polar surface area (TPSA) is 86.4 Å². The summed E-state index contributed by atoms with van der Waals surface area (Å²) in [6, 6.07) is 0. The predicted molar refractivity (Wildman–Crippen MR) is 43.5 cm³/mol. The van der Waals surface area contributed by atoms with Gasteiger partial charge in [-0.3, -0.25) is 4.52 Å². The number of phosphoric acid groups is 1. The fourth-order valence-corrected chi connectivity index (χ4v) is 1.59. The van der Waals surface area contributed by atoms with Crippen molar-refractivity contribution in [2.24, 2.45) is 7.05 Å². The van der Waals surface area contributed by atoms with Gasteiger partial charge in [0.15, 0.2) is 6.10 Å². The largest absolute Gasteiger partial charge is 0.470 e. The molecule has 0 radical (unpaired) electrons. The van der Waals surface area contributed by atoms with Gasteiger partial charge in [-0.05, 0) is 6.92 Å². The first kappa shape index (κ1) is 10.4. The molecule has 0 fully saturated rings. The second-order valence-corrected chi connectivity index (χ2v) is 3.89. The molecule has 74 valence electrons. The van der Waals surface area contributed by atoms with Gasteiger partial charge < -0.3 is 9.79 Å². The van der Waals surface area contributed by atoms with Crippen LogP contribution in [0.1, 0.15) is 18.9 Å². The lowest BCUT2D eigenvalue weighted by Gasteiger charge is -2.08. The van der Waals surface area contributed by atoms with Crippen LogP contribution in [0, 0.1) is 0 Å². The molecule has 1 unspecified atom stereocenters. The Morgan fingerprint density at radius 2 is 2.31 bits per heavy atom. The third-order valence-electron chi connectivity index (χ3n) is 1.59. The smallest absolute Gasteiger partial charge is 0.303 e. The maximum absolute atomic E-state index is 10.5. The molecule has 0 aliphatic carbocycles. The maximum Gasteiger partial charge on any atom is 0.470 e. The maximum atomic E-state index is 10.5. The Kier molecular flexibility index (Phi) is 2.87. The molecule has 1 atom stereocenters. The van der Waals surface area contributed by atoms with Crippen LogP contribution >= 0.6 is 7.82 Å². The van der Waals surface area contributed by atoms with Crippen LogP contribution in [0.3, 0.4) is 0 Å². The van der Waals surface area contributed by atoms with Crippen molar-refractivity contribution in [3.63, 3.8) is 0 Å². The monoisotopic (exact) mass is 207 g/mol. The molecule has 0 amide bonds. The first-order valence-electron chi connectivity index (χ1n) is 3.67. The van der Waals surface area contributed by atoms with Crippen LogP contribution in [0.15, 0.2) is 12.4 Å². The number of aromatic amines is 1. The summed E-state index contributed by atoms with van der Waals surface area (Å²) < 4.78 is 16.7. The standard InChI is InChI=1S/C6H11N2O4P/c1-5(12-13(9,10)11)6-7-3-4-8(6)2/h3-5H,1-2H3,(H2,9,10,11)/p+1. The summed E-state index contributed by atoms with van der Waals surface area (Å²) >= 11 is 0. The van der Waals surface area contributed by atoms with Crippen molar-refractivity contribution in [3.8, 4) is 0 Å². The summed E-state index contributed by atoms with van der Waals surface area (Å²) in [7, 11) is -2.66.